The lowest BCUT2D eigenvalue weighted by molar-refractivity contribution is -0.120. The Morgan fingerprint density at radius 3 is 2.67 bits per heavy atom. The van der Waals surface area contributed by atoms with Crippen LogP contribution in [0.5, 0.6) is 5.75 Å². The number of hydrogen-bond acceptors (Lipinski definition) is 4. The van der Waals surface area contributed by atoms with Crippen LogP contribution >= 0.6 is 11.8 Å². The van der Waals surface area contributed by atoms with E-state index >= 15 is 0 Å². The monoisotopic (exact) mass is 302 g/mol. The van der Waals surface area contributed by atoms with Crippen LogP contribution in [0, 0.1) is 0 Å². The Labute approximate surface area is 128 Å². The molecular weight excluding hydrogens is 284 g/mol. The molecule has 1 atom stereocenters. The number of aromatic nitrogens is 1. The molecule has 1 amide bonds. The van der Waals surface area contributed by atoms with Crippen LogP contribution in [0.1, 0.15) is 12.6 Å². The molecule has 5 heteroatoms. The van der Waals surface area contributed by atoms with Crippen molar-refractivity contribution < 1.29 is 9.53 Å². The normalized spacial score (nSPS) is 11.7. The van der Waals surface area contributed by atoms with Crippen molar-refractivity contribution in [3.8, 4) is 5.75 Å². The van der Waals surface area contributed by atoms with Gasteiger partial charge in [0.1, 0.15) is 5.75 Å². The molecule has 4 nitrogen and oxygen atoms in total. The molecule has 0 spiro atoms. The van der Waals surface area contributed by atoms with Crippen LogP contribution in [0.2, 0.25) is 0 Å². The smallest absolute Gasteiger partial charge is 0.233 e. The highest BCUT2D eigenvalue weighted by atomic mass is 32.2. The molecule has 0 aliphatic heterocycles. The zero-order valence-electron chi connectivity index (χ0n) is 12.1. The molecule has 2 rings (SSSR count). The van der Waals surface area contributed by atoms with Crippen molar-refractivity contribution in [3.05, 3.63) is 54.4 Å². The Kier molecular flexibility index (Phi) is 5.63. The highest BCUT2D eigenvalue weighted by Crippen LogP contribution is 2.25. The third-order valence-electron chi connectivity index (χ3n) is 2.91. The Balaban J connectivity index is 1.84. The predicted octanol–water partition coefficient (Wildman–Crippen LogP) is 2.89. The number of rotatable bonds is 6. The summed E-state index contributed by atoms with van der Waals surface area (Å²) in [6.07, 6.45) is 1.72. The minimum Gasteiger partial charge on any atom is -0.497 e. The summed E-state index contributed by atoms with van der Waals surface area (Å²) in [6, 6.07) is 13.3. The van der Waals surface area contributed by atoms with Gasteiger partial charge in [-0.3, -0.25) is 9.78 Å². The van der Waals surface area contributed by atoms with Crippen molar-refractivity contribution in [3.63, 3.8) is 0 Å². The first-order valence-corrected chi connectivity index (χ1v) is 7.55. The third kappa shape index (κ3) is 4.79. The predicted molar refractivity (Wildman–Crippen MR) is 84.4 cm³/mol. The van der Waals surface area contributed by atoms with Crippen molar-refractivity contribution in [2.24, 2.45) is 0 Å². The van der Waals surface area contributed by atoms with Crippen LogP contribution < -0.4 is 10.1 Å². The third-order valence-corrected chi connectivity index (χ3v) is 4.02. The minimum atomic E-state index is -0.165. The molecule has 1 unspecified atom stereocenters. The molecule has 0 radical (unpaired) electrons. The molecule has 0 bridgehead atoms. The maximum Gasteiger partial charge on any atom is 0.233 e. The van der Waals surface area contributed by atoms with Gasteiger partial charge in [0.2, 0.25) is 5.91 Å². The lowest BCUT2D eigenvalue weighted by Crippen LogP contribution is -2.30. The van der Waals surface area contributed by atoms with Gasteiger partial charge in [0.15, 0.2) is 0 Å². The fraction of sp³-hybridized carbons (Fsp3) is 0.250. The van der Waals surface area contributed by atoms with Gasteiger partial charge in [-0.15, -0.1) is 11.8 Å². The molecule has 1 aromatic heterocycles. The average molecular weight is 302 g/mol. The van der Waals surface area contributed by atoms with Crippen LogP contribution in [-0.2, 0) is 11.3 Å². The number of nitrogens with one attached hydrogen (secondary N) is 1. The Morgan fingerprint density at radius 1 is 1.29 bits per heavy atom. The van der Waals surface area contributed by atoms with E-state index in [2.05, 4.69) is 10.3 Å². The Morgan fingerprint density at radius 2 is 2.05 bits per heavy atom. The van der Waals surface area contributed by atoms with Crippen LogP contribution in [0.3, 0.4) is 0 Å². The average Bonchev–Trinajstić information content (AvgIpc) is 2.54. The number of amides is 1. The first-order chi connectivity index (χ1) is 10.2. The van der Waals surface area contributed by atoms with E-state index in [-0.39, 0.29) is 11.2 Å². The number of methoxy groups -OCH3 is 1. The number of ether oxygens (including phenoxy) is 1. The van der Waals surface area contributed by atoms with E-state index in [1.54, 1.807) is 13.3 Å². The zero-order chi connectivity index (χ0) is 15.1. The molecule has 110 valence electrons. The number of benzene rings is 1. The van der Waals surface area contributed by atoms with Gasteiger partial charge >= 0.3 is 0 Å². The highest BCUT2D eigenvalue weighted by Gasteiger charge is 2.14. The SMILES string of the molecule is COc1ccc(SC(C)C(=O)NCc2ccccn2)cc1. The number of carbonyl (C=O) groups is 1. The summed E-state index contributed by atoms with van der Waals surface area (Å²) in [5.41, 5.74) is 0.854. The first-order valence-electron chi connectivity index (χ1n) is 6.67. The summed E-state index contributed by atoms with van der Waals surface area (Å²) in [4.78, 5) is 17.3. The molecule has 0 saturated carbocycles. The van der Waals surface area contributed by atoms with E-state index in [9.17, 15) is 4.79 Å². The van der Waals surface area contributed by atoms with Gasteiger partial charge in [0.05, 0.1) is 24.6 Å². The van der Waals surface area contributed by atoms with Gasteiger partial charge in [0.25, 0.3) is 0 Å². The number of carbonyl (C=O) groups excluding carboxylic acids is 1. The van der Waals surface area contributed by atoms with Crippen molar-refractivity contribution >= 4 is 17.7 Å². The minimum absolute atomic E-state index is 0.00136. The zero-order valence-corrected chi connectivity index (χ0v) is 12.9. The van der Waals surface area contributed by atoms with Gasteiger partial charge < -0.3 is 10.1 Å². The summed E-state index contributed by atoms with van der Waals surface area (Å²) >= 11 is 1.52. The molecular formula is C16H18N2O2S. The molecule has 0 aliphatic rings. The topological polar surface area (TPSA) is 51.2 Å². The fourth-order valence-electron chi connectivity index (χ4n) is 1.74. The lowest BCUT2D eigenvalue weighted by atomic mass is 10.3. The van der Waals surface area contributed by atoms with Crippen LogP contribution in [0.4, 0.5) is 0 Å². The van der Waals surface area contributed by atoms with E-state index in [0.717, 1.165) is 16.3 Å². The summed E-state index contributed by atoms with van der Waals surface area (Å²) in [5.74, 6) is 0.813. The Hall–Kier alpha value is -2.01. The summed E-state index contributed by atoms with van der Waals surface area (Å²) in [6.45, 7) is 2.34. The van der Waals surface area contributed by atoms with Crippen molar-refractivity contribution in [1.29, 1.82) is 0 Å². The van der Waals surface area contributed by atoms with Crippen molar-refractivity contribution in [2.45, 2.75) is 23.6 Å². The second-order valence-corrected chi connectivity index (χ2v) is 5.89. The number of thioether (sulfide) groups is 1. The number of hydrogen-bond donors (Lipinski definition) is 1. The van der Waals surface area contributed by atoms with Gasteiger partial charge in [-0.2, -0.15) is 0 Å². The van der Waals surface area contributed by atoms with Gasteiger partial charge in [-0.25, -0.2) is 0 Å². The molecule has 1 N–H and O–H groups in total. The van der Waals surface area contributed by atoms with E-state index in [1.807, 2.05) is 49.4 Å². The summed E-state index contributed by atoms with van der Waals surface area (Å²) < 4.78 is 5.11. The molecule has 0 saturated heterocycles. The van der Waals surface area contributed by atoms with Crippen LogP contribution in [0.15, 0.2) is 53.6 Å². The quantitative estimate of drug-likeness (QED) is 0.834. The summed E-state index contributed by atoms with van der Waals surface area (Å²) in [7, 11) is 1.63. The number of pyridine rings is 1. The molecule has 0 fully saturated rings. The van der Waals surface area contributed by atoms with E-state index in [0.29, 0.717) is 6.54 Å². The van der Waals surface area contributed by atoms with Crippen LogP contribution in [0.25, 0.3) is 0 Å². The lowest BCUT2D eigenvalue weighted by Gasteiger charge is -2.12. The maximum atomic E-state index is 12.1. The standard InChI is InChI=1S/C16H18N2O2S/c1-12(21-15-8-6-14(20-2)7-9-15)16(19)18-11-13-5-3-4-10-17-13/h3-10,12H,11H2,1-2H3,(H,18,19). The van der Waals surface area contributed by atoms with E-state index in [4.69, 9.17) is 4.74 Å². The van der Waals surface area contributed by atoms with Gasteiger partial charge in [-0.1, -0.05) is 6.07 Å². The molecule has 0 aliphatic carbocycles. The maximum absolute atomic E-state index is 12.1. The van der Waals surface area contributed by atoms with Crippen molar-refractivity contribution in [2.75, 3.05) is 7.11 Å². The second kappa shape index (κ2) is 7.69. The van der Waals surface area contributed by atoms with E-state index in [1.165, 1.54) is 11.8 Å². The molecule has 2 aromatic rings. The molecule has 1 heterocycles. The summed E-state index contributed by atoms with van der Waals surface area (Å²) in [5, 5.41) is 2.73. The van der Waals surface area contributed by atoms with Gasteiger partial charge in [-0.05, 0) is 43.3 Å². The largest absolute Gasteiger partial charge is 0.497 e. The van der Waals surface area contributed by atoms with Gasteiger partial charge in [0, 0.05) is 11.1 Å². The molecule has 21 heavy (non-hydrogen) atoms. The Bertz CT molecular complexity index is 573. The van der Waals surface area contributed by atoms with Crippen molar-refractivity contribution in [1.82, 2.24) is 10.3 Å². The fourth-order valence-corrected chi connectivity index (χ4v) is 2.63. The molecule has 1 aromatic carbocycles. The number of nitrogens with zero attached hydrogens (tertiary/aromatic N) is 1. The first kappa shape index (κ1) is 15.4. The second-order valence-electron chi connectivity index (χ2n) is 4.47. The van der Waals surface area contributed by atoms with Crippen LogP contribution in [-0.4, -0.2) is 23.3 Å². The highest BCUT2D eigenvalue weighted by molar-refractivity contribution is 8.00. The van der Waals surface area contributed by atoms with E-state index < -0.39 is 0 Å².